The van der Waals surface area contributed by atoms with Gasteiger partial charge in [0.2, 0.25) is 0 Å². The van der Waals surface area contributed by atoms with E-state index in [1.807, 2.05) is 38.7 Å². The number of anilines is 1. The summed E-state index contributed by atoms with van der Waals surface area (Å²) in [4.78, 5) is 65.6. The molecule has 2 aromatic carbocycles. The van der Waals surface area contributed by atoms with Crippen LogP contribution in [0.15, 0.2) is 88.6 Å². The van der Waals surface area contributed by atoms with E-state index in [0.717, 1.165) is 22.3 Å². The summed E-state index contributed by atoms with van der Waals surface area (Å²) in [6.45, 7) is 8.22. The third-order valence-corrected chi connectivity index (χ3v) is 14.3. The maximum Gasteiger partial charge on any atom is 0.333 e. The predicted octanol–water partition coefficient (Wildman–Crippen LogP) is 4.92. The number of fused-ring (bicyclic) bond motifs is 4. The van der Waals surface area contributed by atoms with Gasteiger partial charge in [0, 0.05) is 49.0 Å². The lowest BCUT2D eigenvalue weighted by Crippen LogP contribution is -2.38. The van der Waals surface area contributed by atoms with E-state index in [1.54, 1.807) is 53.1 Å². The molecule has 0 atom stereocenters. The smallest absolute Gasteiger partial charge is 0.333 e. The lowest BCUT2D eigenvalue weighted by Gasteiger charge is -2.27. The molecule has 4 heterocycles. The van der Waals surface area contributed by atoms with Crippen LogP contribution in [0.25, 0.3) is 10.8 Å². The molecule has 0 spiro atoms. The van der Waals surface area contributed by atoms with Gasteiger partial charge < -0.3 is 9.74 Å². The lowest BCUT2D eigenvalue weighted by molar-refractivity contribution is -0.684. The molecule has 0 bridgehead atoms. The van der Waals surface area contributed by atoms with Crippen molar-refractivity contribution in [2.45, 2.75) is 101 Å². The number of unbranched alkanes of at least 4 members (excludes halogenated alkanes) is 2. The van der Waals surface area contributed by atoms with E-state index < -0.39 is 76.4 Å². The summed E-state index contributed by atoms with van der Waals surface area (Å²) in [6.07, 6.45) is 12.0. The first kappa shape index (κ1) is 51.7. The highest BCUT2D eigenvalue weighted by atomic mass is 32.2. The Morgan fingerprint density at radius 1 is 0.838 bits per heavy atom. The zero-order valence-electron chi connectivity index (χ0n) is 37.9. The number of benzene rings is 2. The van der Waals surface area contributed by atoms with Crippen LogP contribution < -0.4 is 14.9 Å². The second-order valence-electron chi connectivity index (χ2n) is 17.6. The standard InChI is InChI=1S/C45H53N5O15S3/c1-44(2)34-28-31(43(54)47-64-24-10-6-9-15-40(53)65-50-38(51)20-21-39(50)52)29-48(22-11-25-66(55,56)57)42(34)46-36(44)13-7-5-8-14-37-45(3,4)41-33-18-17-32(68(61,62)63)27-30(33)16-19-35(41)49(37)23-12-26-67(58,59)60/h5,7-8,13-14,16-19,27-29H,6,9-12,15,20-26H2,1-4H3,(H3-,47,54,55,56,57,58,59,60,61,62,63)/p+1. The van der Waals surface area contributed by atoms with Crippen molar-refractivity contribution in [1.29, 1.82) is 0 Å². The molecule has 1 saturated heterocycles. The second kappa shape index (κ2) is 20.5. The van der Waals surface area contributed by atoms with Gasteiger partial charge in [0.1, 0.15) is 6.20 Å². The minimum atomic E-state index is -4.46. The molecule has 0 saturated carbocycles. The highest BCUT2D eigenvalue weighted by molar-refractivity contribution is 7.86. The molecule has 6 rings (SSSR count). The van der Waals surface area contributed by atoms with Crippen LogP contribution >= 0.6 is 0 Å². The van der Waals surface area contributed by atoms with Gasteiger partial charge in [-0.05, 0) is 90.9 Å². The number of carbonyl (C=O) groups excluding carboxylic acids is 4. The van der Waals surface area contributed by atoms with Gasteiger partial charge in [-0.1, -0.05) is 50.6 Å². The van der Waals surface area contributed by atoms with E-state index >= 15 is 0 Å². The highest BCUT2D eigenvalue weighted by Crippen LogP contribution is 2.51. The number of hydrogen-bond acceptors (Lipinski definition) is 14. The number of aromatic nitrogens is 1. The molecule has 0 radical (unpaired) electrons. The highest BCUT2D eigenvalue weighted by Gasteiger charge is 2.44. The Hall–Kier alpha value is -5.69. The molecule has 0 unspecified atom stereocenters. The first-order valence-electron chi connectivity index (χ1n) is 21.7. The number of amides is 3. The number of allylic oxidation sites excluding steroid dienone is 6. The topological polar surface area (TPSA) is 285 Å². The minimum absolute atomic E-state index is 0.000341. The fourth-order valence-electron chi connectivity index (χ4n) is 8.41. The first-order chi connectivity index (χ1) is 31.8. The molecule has 3 amide bonds. The van der Waals surface area contributed by atoms with Gasteiger partial charge in [-0.15, -0.1) is 5.06 Å². The number of hydrogen-bond donors (Lipinski definition) is 4. The van der Waals surface area contributed by atoms with Crippen molar-refractivity contribution in [2.75, 3.05) is 29.6 Å². The van der Waals surface area contributed by atoms with E-state index in [9.17, 15) is 58.1 Å². The maximum atomic E-state index is 13.4. The quantitative estimate of drug-likeness (QED) is 0.0275. The average Bonchev–Trinajstić information content (AvgIpc) is 3.78. The Morgan fingerprint density at radius 2 is 1.53 bits per heavy atom. The van der Waals surface area contributed by atoms with E-state index in [-0.39, 0.29) is 62.3 Å². The average molecular weight is 1000 g/mol. The van der Waals surface area contributed by atoms with Gasteiger partial charge in [0.15, 0.2) is 5.71 Å². The number of carbonyl (C=O) groups is 4. The molecular formula is C45H54N5O15S3+. The van der Waals surface area contributed by atoms with Crippen LogP contribution in [-0.4, -0.2) is 98.0 Å². The van der Waals surface area contributed by atoms with Crippen LogP contribution in [0.4, 0.5) is 11.5 Å². The maximum absolute atomic E-state index is 13.4. The minimum Gasteiger partial charge on any atom is -0.344 e. The summed E-state index contributed by atoms with van der Waals surface area (Å²) < 4.78 is 100. The summed E-state index contributed by atoms with van der Waals surface area (Å²) in [5, 5.41) is 1.81. The fraction of sp³-hybridized carbons (Fsp3) is 0.422. The largest absolute Gasteiger partial charge is 0.344 e. The van der Waals surface area contributed by atoms with Crippen LogP contribution in [-0.2, 0) is 71.8 Å². The summed E-state index contributed by atoms with van der Waals surface area (Å²) >= 11 is 0. The van der Waals surface area contributed by atoms with Crippen molar-refractivity contribution in [1.82, 2.24) is 10.5 Å². The zero-order chi connectivity index (χ0) is 49.8. The number of nitrogens with one attached hydrogen (secondary N) is 1. The molecule has 23 heteroatoms. The fourth-order valence-corrected chi connectivity index (χ4v) is 9.92. The van der Waals surface area contributed by atoms with Crippen molar-refractivity contribution in [3.63, 3.8) is 0 Å². The first-order valence-corrected chi connectivity index (χ1v) is 26.4. The van der Waals surface area contributed by atoms with Gasteiger partial charge in [-0.2, -0.15) is 25.3 Å². The predicted molar refractivity (Wildman–Crippen MR) is 248 cm³/mol. The lowest BCUT2D eigenvalue weighted by atomic mass is 9.81. The summed E-state index contributed by atoms with van der Waals surface area (Å²) in [6, 6.07) is 9.54. The molecule has 68 heavy (non-hydrogen) atoms. The molecule has 1 aromatic heterocycles. The molecule has 3 aromatic rings. The number of aliphatic imine (C=N–C) groups is 1. The zero-order valence-corrected chi connectivity index (χ0v) is 40.3. The number of hydroxylamine groups is 3. The Kier molecular flexibility index (Phi) is 15.6. The van der Waals surface area contributed by atoms with Crippen LogP contribution in [0.3, 0.4) is 0 Å². The molecule has 3 aliphatic rings. The summed E-state index contributed by atoms with van der Waals surface area (Å²) in [7, 11) is -13.0. The molecule has 4 N–H and O–H groups in total. The number of rotatable bonds is 21. The summed E-state index contributed by atoms with van der Waals surface area (Å²) in [5.74, 6) is -2.92. The van der Waals surface area contributed by atoms with E-state index in [2.05, 4.69) is 5.48 Å². The Balaban J connectivity index is 1.16. The van der Waals surface area contributed by atoms with E-state index in [4.69, 9.17) is 14.7 Å². The van der Waals surface area contributed by atoms with Crippen molar-refractivity contribution in [3.8, 4) is 0 Å². The number of pyridine rings is 1. The van der Waals surface area contributed by atoms with Crippen LogP contribution in [0, 0.1) is 0 Å². The van der Waals surface area contributed by atoms with Crippen molar-refractivity contribution < 1.29 is 72.3 Å². The third-order valence-electron chi connectivity index (χ3n) is 11.8. The van der Waals surface area contributed by atoms with Crippen molar-refractivity contribution >= 4 is 82.0 Å². The molecule has 3 aliphatic heterocycles. The molecule has 366 valence electrons. The number of nitrogens with zero attached hydrogens (tertiary/aromatic N) is 4. The van der Waals surface area contributed by atoms with Crippen LogP contribution in [0.5, 0.6) is 0 Å². The van der Waals surface area contributed by atoms with Gasteiger partial charge in [-0.3, -0.25) is 32.9 Å². The SMILES string of the molecule is CC1(C)C(/C=C/C=C/C=C2/N(CCCS(=O)(=O)O)c3ccc4cc(S(=O)(=O)O)ccc4c3C2(C)C)=Nc2c1cc(C(=O)NOCCCCCC(=O)ON1C(=O)CCC1=O)c[n+]2CCCS(=O)(=O)O. The Labute approximate surface area is 394 Å². The molecule has 20 nitrogen and oxygen atoms in total. The van der Waals surface area contributed by atoms with E-state index in [0.29, 0.717) is 46.8 Å². The van der Waals surface area contributed by atoms with Crippen molar-refractivity contribution in [2.24, 2.45) is 4.99 Å². The molecule has 1 fully saturated rings. The number of imide groups is 1. The second-order valence-corrected chi connectivity index (χ2v) is 22.2. The normalized spacial score (nSPS) is 17.5. The molecular weight excluding hydrogens is 947 g/mol. The van der Waals surface area contributed by atoms with Crippen molar-refractivity contribution in [3.05, 3.63) is 95.4 Å². The van der Waals surface area contributed by atoms with Gasteiger partial charge >= 0.3 is 11.8 Å². The molecule has 0 aliphatic carbocycles. The van der Waals surface area contributed by atoms with Crippen LogP contribution in [0.1, 0.15) is 101 Å². The Bertz CT molecular complexity index is 2980. The Morgan fingerprint density at radius 3 is 2.21 bits per heavy atom. The van der Waals surface area contributed by atoms with Crippen LogP contribution in [0.2, 0.25) is 0 Å². The third kappa shape index (κ3) is 12.3. The summed E-state index contributed by atoms with van der Waals surface area (Å²) in [5.41, 5.74) is 4.85. The van der Waals surface area contributed by atoms with E-state index in [1.165, 1.54) is 18.3 Å². The monoisotopic (exact) mass is 1000 g/mol. The van der Waals surface area contributed by atoms with Gasteiger partial charge in [-0.25, -0.2) is 14.8 Å². The van der Waals surface area contributed by atoms with Gasteiger partial charge in [0.05, 0.1) is 46.1 Å². The number of aryl methyl sites for hydroxylation is 1. The van der Waals surface area contributed by atoms with Gasteiger partial charge in [0.25, 0.3) is 48.1 Å².